The van der Waals surface area contributed by atoms with Gasteiger partial charge in [0.1, 0.15) is 6.61 Å². The van der Waals surface area contributed by atoms with Crippen molar-refractivity contribution >= 4 is 28.3 Å². The molecule has 0 aliphatic heterocycles. The van der Waals surface area contributed by atoms with E-state index in [4.69, 9.17) is 16.3 Å². The van der Waals surface area contributed by atoms with E-state index in [1.165, 1.54) is 0 Å². The zero-order chi connectivity index (χ0) is 14.7. The summed E-state index contributed by atoms with van der Waals surface area (Å²) >= 11 is 5.91. The van der Waals surface area contributed by atoms with Gasteiger partial charge in [0.05, 0.1) is 5.56 Å². The van der Waals surface area contributed by atoms with Crippen molar-refractivity contribution < 1.29 is 9.53 Å². The molecule has 3 rings (SSSR count). The molecule has 0 amide bonds. The Labute approximate surface area is 127 Å². The molecule has 0 aliphatic carbocycles. The standard InChI is InChI=1S/C18H13ClO2/c19-15-8-3-5-13(11-15)12-21-18(20)17-10-4-7-14-6-1-2-9-16(14)17/h1-11H,12H2. The first-order valence-electron chi connectivity index (χ1n) is 6.63. The van der Waals surface area contributed by atoms with Crippen LogP contribution in [0.5, 0.6) is 0 Å². The molecule has 21 heavy (non-hydrogen) atoms. The Balaban J connectivity index is 1.81. The molecule has 3 aromatic rings. The zero-order valence-electron chi connectivity index (χ0n) is 11.3. The number of esters is 1. The molecule has 3 heteroatoms. The van der Waals surface area contributed by atoms with Gasteiger partial charge < -0.3 is 4.74 Å². The Kier molecular flexibility index (Phi) is 3.89. The Morgan fingerprint density at radius 3 is 2.57 bits per heavy atom. The molecule has 104 valence electrons. The first-order valence-corrected chi connectivity index (χ1v) is 7.01. The molecule has 0 aromatic heterocycles. The molecule has 2 nitrogen and oxygen atoms in total. The van der Waals surface area contributed by atoms with Crippen LogP contribution in [0, 0.1) is 0 Å². The molecule has 0 atom stereocenters. The predicted octanol–water partition coefficient (Wildman–Crippen LogP) is 4.85. The maximum absolute atomic E-state index is 12.3. The molecule has 3 aromatic carbocycles. The van der Waals surface area contributed by atoms with Gasteiger partial charge in [0.25, 0.3) is 0 Å². The number of rotatable bonds is 3. The average Bonchev–Trinajstić information content (AvgIpc) is 2.52. The van der Waals surface area contributed by atoms with Gasteiger partial charge in [-0.05, 0) is 34.5 Å². The summed E-state index contributed by atoms with van der Waals surface area (Å²) in [5.74, 6) is -0.327. The number of hydrogen-bond donors (Lipinski definition) is 0. The third kappa shape index (κ3) is 3.06. The first kappa shape index (κ1) is 13.7. The normalized spacial score (nSPS) is 10.5. The summed E-state index contributed by atoms with van der Waals surface area (Å²) in [5, 5.41) is 2.56. The van der Waals surface area contributed by atoms with E-state index in [-0.39, 0.29) is 12.6 Å². The molecule has 0 aliphatic rings. The molecule has 0 saturated heterocycles. The van der Waals surface area contributed by atoms with E-state index in [1.54, 1.807) is 18.2 Å². The van der Waals surface area contributed by atoms with Crippen LogP contribution >= 0.6 is 11.6 Å². The second-order valence-corrected chi connectivity index (χ2v) is 5.17. The first-order chi connectivity index (χ1) is 10.2. The molecule has 0 spiro atoms. The fraction of sp³-hybridized carbons (Fsp3) is 0.0556. The van der Waals surface area contributed by atoms with Gasteiger partial charge >= 0.3 is 5.97 Å². The van der Waals surface area contributed by atoms with Gasteiger partial charge in [-0.3, -0.25) is 0 Å². The quantitative estimate of drug-likeness (QED) is 0.646. The highest BCUT2D eigenvalue weighted by Gasteiger charge is 2.11. The number of carbonyl (C=O) groups excluding carboxylic acids is 1. The summed E-state index contributed by atoms with van der Waals surface area (Å²) in [4.78, 5) is 12.3. The third-order valence-electron chi connectivity index (χ3n) is 3.27. The molecule has 0 N–H and O–H groups in total. The van der Waals surface area contributed by atoms with Crippen LogP contribution in [0.1, 0.15) is 15.9 Å². The molecule has 0 unspecified atom stereocenters. The van der Waals surface area contributed by atoms with E-state index >= 15 is 0 Å². The van der Waals surface area contributed by atoms with E-state index < -0.39 is 0 Å². The van der Waals surface area contributed by atoms with E-state index in [0.29, 0.717) is 10.6 Å². The van der Waals surface area contributed by atoms with E-state index in [2.05, 4.69) is 0 Å². The summed E-state index contributed by atoms with van der Waals surface area (Å²) in [6.07, 6.45) is 0. The van der Waals surface area contributed by atoms with Crippen LogP contribution in [0.15, 0.2) is 66.7 Å². The maximum atomic E-state index is 12.3. The number of benzene rings is 3. The van der Waals surface area contributed by atoms with Crippen LogP contribution in [-0.2, 0) is 11.3 Å². The number of hydrogen-bond acceptors (Lipinski definition) is 2. The molecular weight excluding hydrogens is 284 g/mol. The molecule has 0 bridgehead atoms. The Morgan fingerprint density at radius 2 is 1.71 bits per heavy atom. The highest BCUT2D eigenvalue weighted by atomic mass is 35.5. The SMILES string of the molecule is O=C(OCc1cccc(Cl)c1)c1cccc2ccccc12. The van der Waals surface area contributed by atoms with Crippen LogP contribution in [0.4, 0.5) is 0 Å². The van der Waals surface area contributed by atoms with Gasteiger partial charge in [-0.2, -0.15) is 0 Å². The van der Waals surface area contributed by atoms with Crippen LogP contribution in [0.3, 0.4) is 0 Å². The minimum atomic E-state index is -0.327. The monoisotopic (exact) mass is 296 g/mol. The van der Waals surface area contributed by atoms with Crippen molar-refractivity contribution in [1.29, 1.82) is 0 Å². The van der Waals surface area contributed by atoms with Gasteiger partial charge in [-0.25, -0.2) is 4.79 Å². The molecule has 0 radical (unpaired) electrons. The lowest BCUT2D eigenvalue weighted by Crippen LogP contribution is -2.05. The lowest BCUT2D eigenvalue weighted by Gasteiger charge is -2.08. The maximum Gasteiger partial charge on any atom is 0.339 e. The van der Waals surface area contributed by atoms with Gasteiger partial charge in [-0.1, -0.05) is 60.1 Å². The van der Waals surface area contributed by atoms with Crippen molar-refractivity contribution in [2.45, 2.75) is 6.61 Å². The van der Waals surface area contributed by atoms with Crippen molar-refractivity contribution in [2.75, 3.05) is 0 Å². The molecular formula is C18H13ClO2. The van der Waals surface area contributed by atoms with E-state index in [9.17, 15) is 4.79 Å². The molecule has 0 heterocycles. The summed E-state index contributed by atoms with van der Waals surface area (Å²) in [7, 11) is 0. The fourth-order valence-electron chi connectivity index (χ4n) is 2.26. The Bertz CT molecular complexity index is 791. The summed E-state index contributed by atoms with van der Waals surface area (Å²) < 4.78 is 5.38. The minimum Gasteiger partial charge on any atom is -0.457 e. The van der Waals surface area contributed by atoms with Gasteiger partial charge in [0.2, 0.25) is 0 Å². The summed E-state index contributed by atoms with van der Waals surface area (Å²) in [6.45, 7) is 0.211. The second kappa shape index (κ2) is 5.98. The van der Waals surface area contributed by atoms with Crippen LogP contribution in [0.2, 0.25) is 5.02 Å². The lowest BCUT2D eigenvalue weighted by atomic mass is 10.0. The van der Waals surface area contributed by atoms with E-state index in [0.717, 1.165) is 16.3 Å². The molecule has 0 fully saturated rings. The highest BCUT2D eigenvalue weighted by molar-refractivity contribution is 6.30. The second-order valence-electron chi connectivity index (χ2n) is 4.73. The van der Waals surface area contributed by atoms with Gasteiger partial charge in [-0.15, -0.1) is 0 Å². The van der Waals surface area contributed by atoms with Crippen molar-refractivity contribution in [1.82, 2.24) is 0 Å². The highest BCUT2D eigenvalue weighted by Crippen LogP contribution is 2.20. The largest absolute Gasteiger partial charge is 0.457 e. The minimum absolute atomic E-state index is 0.211. The van der Waals surface area contributed by atoms with Crippen LogP contribution < -0.4 is 0 Å². The number of carbonyl (C=O) groups is 1. The number of fused-ring (bicyclic) bond motifs is 1. The predicted molar refractivity (Wildman–Crippen MR) is 84.5 cm³/mol. The molecule has 0 saturated carbocycles. The van der Waals surface area contributed by atoms with Gasteiger partial charge in [0.15, 0.2) is 0 Å². The van der Waals surface area contributed by atoms with Crippen LogP contribution in [0.25, 0.3) is 10.8 Å². The van der Waals surface area contributed by atoms with Crippen molar-refractivity contribution in [2.24, 2.45) is 0 Å². The summed E-state index contributed by atoms with van der Waals surface area (Å²) in [5.41, 5.74) is 1.45. The Morgan fingerprint density at radius 1 is 0.952 bits per heavy atom. The lowest BCUT2D eigenvalue weighted by molar-refractivity contribution is 0.0475. The van der Waals surface area contributed by atoms with Crippen molar-refractivity contribution in [3.8, 4) is 0 Å². The third-order valence-corrected chi connectivity index (χ3v) is 3.50. The zero-order valence-corrected chi connectivity index (χ0v) is 12.0. The number of halogens is 1. The number of ether oxygens (including phenoxy) is 1. The van der Waals surface area contributed by atoms with Gasteiger partial charge in [0, 0.05) is 5.02 Å². The fourth-order valence-corrected chi connectivity index (χ4v) is 2.47. The van der Waals surface area contributed by atoms with Crippen molar-refractivity contribution in [3.05, 3.63) is 82.9 Å². The van der Waals surface area contributed by atoms with E-state index in [1.807, 2.05) is 48.5 Å². The van der Waals surface area contributed by atoms with Crippen molar-refractivity contribution in [3.63, 3.8) is 0 Å². The summed E-state index contributed by atoms with van der Waals surface area (Å²) in [6, 6.07) is 20.7. The smallest absolute Gasteiger partial charge is 0.339 e. The topological polar surface area (TPSA) is 26.3 Å². The average molecular weight is 297 g/mol. The van der Waals surface area contributed by atoms with Crippen LogP contribution in [-0.4, -0.2) is 5.97 Å². The Hall–Kier alpha value is -2.32.